The van der Waals surface area contributed by atoms with E-state index in [4.69, 9.17) is 9.47 Å². The zero-order valence-corrected chi connectivity index (χ0v) is 20.6. The average molecular weight is 488 g/mol. The molecule has 0 radical (unpaired) electrons. The average Bonchev–Trinajstić information content (AvgIpc) is 3.44. The number of pyridine rings is 1. The van der Waals surface area contributed by atoms with E-state index in [9.17, 15) is 4.79 Å². The van der Waals surface area contributed by atoms with Gasteiger partial charge in [0.25, 0.3) is 5.91 Å². The maximum atomic E-state index is 12.7. The van der Waals surface area contributed by atoms with Gasteiger partial charge >= 0.3 is 0 Å². The maximum Gasteiger partial charge on any atom is 0.251 e. The van der Waals surface area contributed by atoms with Gasteiger partial charge in [0.1, 0.15) is 5.75 Å². The highest BCUT2D eigenvalue weighted by atomic mass is 16.5. The summed E-state index contributed by atoms with van der Waals surface area (Å²) in [5.41, 5.74) is 4.59. The number of carbonyl (C=O) groups excluding carboxylic acids is 1. The van der Waals surface area contributed by atoms with Crippen LogP contribution >= 0.6 is 0 Å². The normalized spacial score (nSPS) is 14.3. The summed E-state index contributed by atoms with van der Waals surface area (Å²) >= 11 is 0. The largest absolute Gasteiger partial charge is 0.493 e. The van der Waals surface area contributed by atoms with Crippen LogP contribution in [-0.4, -0.2) is 76.2 Å². The van der Waals surface area contributed by atoms with Crippen molar-refractivity contribution in [3.05, 3.63) is 53.5 Å². The summed E-state index contributed by atoms with van der Waals surface area (Å²) in [7, 11) is 5.79. The smallest absolute Gasteiger partial charge is 0.251 e. The van der Waals surface area contributed by atoms with Gasteiger partial charge in [-0.05, 0) is 44.4 Å². The molecular weight excluding hydrogens is 458 g/mol. The highest BCUT2D eigenvalue weighted by molar-refractivity contribution is 5.96. The van der Waals surface area contributed by atoms with E-state index in [0.29, 0.717) is 43.4 Å². The predicted octanol–water partition coefficient (Wildman–Crippen LogP) is 2.98. The molecule has 10 nitrogen and oxygen atoms in total. The van der Waals surface area contributed by atoms with Gasteiger partial charge in [-0.25, -0.2) is 4.68 Å². The van der Waals surface area contributed by atoms with E-state index in [1.165, 1.54) is 0 Å². The van der Waals surface area contributed by atoms with Crippen molar-refractivity contribution in [2.24, 2.45) is 7.05 Å². The molecular formula is C26H29N7O3. The van der Waals surface area contributed by atoms with Gasteiger partial charge in [-0.2, -0.15) is 10.2 Å². The van der Waals surface area contributed by atoms with E-state index in [0.717, 1.165) is 40.0 Å². The van der Waals surface area contributed by atoms with Crippen LogP contribution in [0, 0.1) is 0 Å². The number of rotatable bonds is 4. The van der Waals surface area contributed by atoms with Crippen molar-refractivity contribution < 1.29 is 14.3 Å². The summed E-state index contributed by atoms with van der Waals surface area (Å²) in [5.74, 6) is 1.15. The number of aryl methyl sites for hydroxylation is 1. The molecule has 0 aliphatic carbocycles. The van der Waals surface area contributed by atoms with Crippen molar-refractivity contribution in [2.45, 2.75) is 6.42 Å². The predicted molar refractivity (Wildman–Crippen MR) is 138 cm³/mol. The van der Waals surface area contributed by atoms with Crippen molar-refractivity contribution in [2.75, 3.05) is 40.4 Å². The lowest BCUT2D eigenvalue weighted by molar-refractivity contribution is 0.0950. The molecule has 4 heterocycles. The summed E-state index contributed by atoms with van der Waals surface area (Å²) in [4.78, 5) is 19.3. The van der Waals surface area contributed by atoms with E-state index < -0.39 is 0 Å². The van der Waals surface area contributed by atoms with Gasteiger partial charge in [0.05, 0.1) is 48.1 Å². The molecule has 0 spiro atoms. The number of nitrogens with zero attached hydrogens (tertiary/aromatic N) is 5. The summed E-state index contributed by atoms with van der Waals surface area (Å²) in [6, 6.07) is 7.47. The van der Waals surface area contributed by atoms with Crippen molar-refractivity contribution in [1.82, 2.24) is 35.2 Å². The van der Waals surface area contributed by atoms with Crippen molar-refractivity contribution in [3.8, 4) is 22.9 Å². The standard InChI is InChI=1S/C26H29N7O3/c1-32(2)10-9-27-25(34)18-6-5-17-7-8-21-19-14-22(28-16-23(19)31-30-21)20-15-29-33(3)26(20)36-12-4-11-35-24(17)13-18/h5-8,13-16H,4,9-12H2,1-3H3,(H,27,34)(H,30,31)/b8-7+. The molecule has 2 bridgehead atoms. The van der Waals surface area contributed by atoms with Crippen LogP contribution in [0.25, 0.3) is 34.3 Å². The number of H-pyrrole nitrogens is 1. The second kappa shape index (κ2) is 10.2. The molecule has 0 saturated heterocycles. The Labute approximate surface area is 208 Å². The van der Waals surface area contributed by atoms with Crippen LogP contribution in [0.3, 0.4) is 0 Å². The second-order valence-electron chi connectivity index (χ2n) is 8.91. The molecule has 186 valence electrons. The molecule has 1 aromatic carbocycles. The molecule has 0 unspecified atom stereocenters. The number of nitrogens with one attached hydrogen (secondary N) is 2. The van der Waals surface area contributed by atoms with E-state index in [1.807, 2.05) is 56.4 Å². The molecule has 1 amide bonds. The molecule has 1 aliphatic rings. The number of benzene rings is 1. The zero-order chi connectivity index (χ0) is 25.1. The Morgan fingerprint density at radius 2 is 2.03 bits per heavy atom. The van der Waals surface area contributed by atoms with Crippen molar-refractivity contribution in [3.63, 3.8) is 0 Å². The lowest BCUT2D eigenvalue weighted by atomic mass is 10.1. The van der Waals surface area contributed by atoms with E-state index in [-0.39, 0.29) is 5.91 Å². The highest BCUT2D eigenvalue weighted by Crippen LogP contribution is 2.31. The van der Waals surface area contributed by atoms with E-state index in [1.54, 1.807) is 23.1 Å². The molecule has 0 atom stereocenters. The van der Waals surface area contributed by atoms with Crippen LogP contribution in [0.15, 0.2) is 36.7 Å². The molecule has 10 heteroatoms. The van der Waals surface area contributed by atoms with Gasteiger partial charge in [0.2, 0.25) is 5.88 Å². The first kappa shape index (κ1) is 23.6. The molecule has 0 fully saturated rings. The molecule has 36 heavy (non-hydrogen) atoms. The number of amides is 1. The van der Waals surface area contributed by atoms with Crippen molar-refractivity contribution in [1.29, 1.82) is 0 Å². The fourth-order valence-corrected chi connectivity index (χ4v) is 4.00. The van der Waals surface area contributed by atoms with Crippen LogP contribution in [0.1, 0.15) is 28.0 Å². The number of fused-ring (bicyclic) bond motifs is 4. The summed E-state index contributed by atoms with van der Waals surface area (Å²) < 4.78 is 13.9. The van der Waals surface area contributed by atoms with Gasteiger partial charge < -0.3 is 19.7 Å². The topological polar surface area (TPSA) is 110 Å². The third kappa shape index (κ3) is 4.94. The number of aromatic amines is 1. The van der Waals surface area contributed by atoms with E-state index in [2.05, 4.69) is 25.6 Å². The lowest BCUT2D eigenvalue weighted by Crippen LogP contribution is -2.31. The first-order valence-corrected chi connectivity index (χ1v) is 11.9. The Morgan fingerprint density at radius 1 is 1.17 bits per heavy atom. The minimum atomic E-state index is -0.131. The third-order valence-electron chi connectivity index (χ3n) is 5.96. The number of likely N-dealkylation sites (N-methyl/N-ethyl adjacent to an activating group) is 1. The van der Waals surface area contributed by atoms with Crippen LogP contribution < -0.4 is 14.8 Å². The van der Waals surface area contributed by atoms with Gasteiger partial charge in [-0.15, -0.1) is 0 Å². The van der Waals surface area contributed by atoms with Crippen LogP contribution in [0.2, 0.25) is 0 Å². The summed E-state index contributed by atoms with van der Waals surface area (Å²) in [6.45, 7) is 2.21. The number of hydrogen-bond acceptors (Lipinski definition) is 7. The minimum absolute atomic E-state index is 0.131. The first-order chi connectivity index (χ1) is 17.5. The Balaban J connectivity index is 1.49. The lowest BCUT2D eigenvalue weighted by Gasteiger charge is -2.13. The Kier molecular flexibility index (Phi) is 6.68. The highest BCUT2D eigenvalue weighted by Gasteiger charge is 2.16. The van der Waals surface area contributed by atoms with Gasteiger partial charge in [0, 0.05) is 43.1 Å². The van der Waals surface area contributed by atoms with E-state index >= 15 is 0 Å². The van der Waals surface area contributed by atoms with Crippen LogP contribution in [0.4, 0.5) is 0 Å². The molecule has 4 aromatic rings. The fourth-order valence-electron chi connectivity index (χ4n) is 4.00. The first-order valence-electron chi connectivity index (χ1n) is 11.9. The van der Waals surface area contributed by atoms with Crippen molar-refractivity contribution >= 4 is 29.0 Å². The Hall–Kier alpha value is -4.18. The maximum absolute atomic E-state index is 12.7. The minimum Gasteiger partial charge on any atom is -0.493 e. The number of aromatic nitrogens is 5. The summed E-state index contributed by atoms with van der Waals surface area (Å²) in [5, 5.41) is 15.7. The molecule has 3 aromatic heterocycles. The summed E-state index contributed by atoms with van der Waals surface area (Å²) in [6.07, 6.45) is 8.06. The molecule has 1 aliphatic heterocycles. The van der Waals surface area contributed by atoms with Crippen LogP contribution in [0.5, 0.6) is 11.6 Å². The second-order valence-corrected chi connectivity index (χ2v) is 8.91. The van der Waals surface area contributed by atoms with Gasteiger partial charge in [0.15, 0.2) is 0 Å². The number of ether oxygens (including phenoxy) is 2. The molecule has 5 rings (SSSR count). The van der Waals surface area contributed by atoms with Gasteiger partial charge in [-0.3, -0.25) is 14.9 Å². The number of hydrogen-bond donors (Lipinski definition) is 2. The zero-order valence-electron chi connectivity index (χ0n) is 20.6. The quantitative estimate of drug-likeness (QED) is 0.455. The fraction of sp³-hybridized carbons (Fsp3) is 0.308. The Bertz CT molecular complexity index is 1420. The Morgan fingerprint density at radius 3 is 2.89 bits per heavy atom. The SMILES string of the molecule is CN(C)CCNC(=O)c1ccc2c(c1)OCCCOc1c(cnn1C)-c1cc3c(n[nH]c3cn1)/C=C/2. The molecule has 0 saturated carbocycles. The van der Waals surface area contributed by atoms with Gasteiger partial charge in [-0.1, -0.05) is 6.07 Å². The molecule has 2 N–H and O–H groups in total. The third-order valence-corrected chi connectivity index (χ3v) is 5.96. The number of carbonyl (C=O) groups is 1. The van der Waals surface area contributed by atoms with Crippen LogP contribution in [-0.2, 0) is 7.05 Å². The monoisotopic (exact) mass is 487 g/mol.